The molecule has 1 aliphatic heterocycles. The van der Waals surface area contributed by atoms with Crippen LogP contribution in [0.3, 0.4) is 0 Å². The van der Waals surface area contributed by atoms with Gasteiger partial charge in [-0.25, -0.2) is 0 Å². The zero-order valence-corrected chi connectivity index (χ0v) is 16.8. The summed E-state index contributed by atoms with van der Waals surface area (Å²) in [6.07, 6.45) is 3.04. The number of halogens is 1. The van der Waals surface area contributed by atoms with E-state index in [1.54, 1.807) is 11.3 Å². The van der Waals surface area contributed by atoms with E-state index in [9.17, 15) is 4.79 Å². The zero-order valence-electron chi connectivity index (χ0n) is 15.1. The zero-order chi connectivity index (χ0) is 17.9. The minimum Gasteiger partial charge on any atom is -0.486 e. The molecule has 0 saturated heterocycles. The molecule has 2 heterocycles. The molecule has 7 heteroatoms. The Balaban J connectivity index is 0.00000210. The fourth-order valence-corrected chi connectivity index (χ4v) is 4.59. The first kappa shape index (κ1) is 20.0. The Bertz CT molecular complexity index is 769. The van der Waals surface area contributed by atoms with Gasteiger partial charge in [0.25, 0.3) is 0 Å². The number of nitrogens with zero attached hydrogens (tertiary/aromatic N) is 1. The average Bonchev–Trinajstić information content (AvgIpc) is 3.36. The van der Waals surface area contributed by atoms with Crippen molar-refractivity contribution >= 4 is 35.3 Å². The van der Waals surface area contributed by atoms with E-state index in [1.807, 2.05) is 34.5 Å². The van der Waals surface area contributed by atoms with Crippen molar-refractivity contribution in [3.8, 4) is 11.5 Å². The van der Waals surface area contributed by atoms with E-state index in [2.05, 4.69) is 6.07 Å². The molecule has 27 heavy (non-hydrogen) atoms. The summed E-state index contributed by atoms with van der Waals surface area (Å²) in [7, 11) is 0. The van der Waals surface area contributed by atoms with Crippen molar-refractivity contribution in [3.05, 3.63) is 40.6 Å². The molecule has 5 nitrogen and oxygen atoms in total. The van der Waals surface area contributed by atoms with Gasteiger partial charge in [0.05, 0.1) is 6.54 Å². The summed E-state index contributed by atoms with van der Waals surface area (Å²) in [5.74, 6) is 1.91. The highest BCUT2D eigenvalue weighted by molar-refractivity contribution is 7.09. The van der Waals surface area contributed by atoms with Gasteiger partial charge in [-0.2, -0.15) is 0 Å². The van der Waals surface area contributed by atoms with Crippen molar-refractivity contribution in [2.24, 2.45) is 17.6 Å². The molecule has 0 bridgehead atoms. The molecule has 2 N–H and O–H groups in total. The van der Waals surface area contributed by atoms with Crippen LogP contribution in [0.1, 0.15) is 24.1 Å². The fraction of sp³-hybridized carbons (Fsp3) is 0.450. The number of ether oxygens (including phenoxy) is 2. The van der Waals surface area contributed by atoms with Gasteiger partial charge in [0.1, 0.15) is 13.2 Å². The van der Waals surface area contributed by atoms with E-state index in [1.165, 1.54) is 0 Å². The van der Waals surface area contributed by atoms with E-state index in [-0.39, 0.29) is 30.2 Å². The Kier molecular flexibility index (Phi) is 6.63. The average molecular weight is 409 g/mol. The summed E-state index contributed by atoms with van der Waals surface area (Å²) in [6, 6.07) is 9.86. The highest BCUT2D eigenvalue weighted by Gasteiger charge is 2.35. The number of benzene rings is 1. The lowest BCUT2D eigenvalue weighted by atomic mass is 9.94. The van der Waals surface area contributed by atoms with Crippen LogP contribution in [0, 0.1) is 11.8 Å². The molecular weight excluding hydrogens is 384 g/mol. The number of thiophene rings is 1. The topological polar surface area (TPSA) is 64.8 Å². The fourth-order valence-electron chi connectivity index (χ4n) is 3.90. The Morgan fingerprint density at radius 1 is 1.19 bits per heavy atom. The summed E-state index contributed by atoms with van der Waals surface area (Å²) >= 11 is 1.67. The number of rotatable bonds is 5. The highest BCUT2D eigenvalue weighted by Crippen LogP contribution is 2.38. The van der Waals surface area contributed by atoms with Crippen LogP contribution in [0.15, 0.2) is 35.7 Å². The number of fused-ring (bicyclic) bond motifs is 1. The number of carbonyl (C=O) groups excluding carboxylic acids is 1. The van der Waals surface area contributed by atoms with Crippen molar-refractivity contribution in [1.82, 2.24) is 0 Å². The third-order valence-electron chi connectivity index (χ3n) is 5.28. The first-order valence-electron chi connectivity index (χ1n) is 9.19. The molecule has 0 radical (unpaired) electrons. The van der Waals surface area contributed by atoms with Crippen LogP contribution in [0.4, 0.5) is 5.69 Å². The van der Waals surface area contributed by atoms with Crippen LogP contribution in [0.2, 0.25) is 0 Å². The Labute approximate surface area is 169 Å². The molecule has 4 rings (SSSR count). The first-order chi connectivity index (χ1) is 12.8. The lowest BCUT2D eigenvalue weighted by Crippen LogP contribution is -2.38. The minimum atomic E-state index is 0. The van der Waals surface area contributed by atoms with Gasteiger partial charge in [-0.15, -0.1) is 23.7 Å². The smallest absolute Gasteiger partial charge is 0.230 e. The number of anilines is 1. The maximum atomic E-state index is 13.4. The Morgan fingerprint density at radius 2 is 2.00 bits per heavy atom. The summed E-state index contributed by atoms with van der Waals surface area (Å²) in [5.41, 5.74) is 6.78. The molecule has 1 amide bonds. The van der Waals surface area contributed by atoms with Gasteiger partial charge in [-0.05, 0) is 48.9 Å². The molecule has 1 aromatic carbocycles. The van der Waals surface area contributed by atoms with Crippen LogP contribution in [0.5, 0.6) is 11.5 Å². The Hall–Kier alpha value is -1.76. The quantitative estimate of drug-likeness (QED) is 0.816. The molecule has 1 fully saturated rings. The highest BCUT2D eigenvalue weighted by atomic mass is 35.5. The number of hydrogen-bond acceptors (Lipinski definition) is 5. The molecular formula is C20H25ClN2O3S. The van der Waals surface area contributed by atoms with Crippen LogP contribution in [0.25, 0.3) is 0 Å². The lowest BCUT2D eigenvalue weighted by Gasteiger charge is -2.29. The molecule has 146 valence electrons. The van der Waals surface area contributed by atoms with E-state index in [0.717, 1.165) is 35.6 Å². The molecule has 0 spiro atoms. The minimum absolute atomic E-state index is 0. The van der Waals surface area contributed by atoms with E-state index in [0.29, 0.717) is 32.1 Å². The second-order valence-corrected chi connectivity index (χ2v) is 7.90. The largest absolute Gasteiger partial charge is 0.486 e. The van der Waals surface area contributed by atoms with Gasteiger partial charge in [0.2, 0.25) is 5.91 Å². The predicted octanol–water partition coefficient (Wildman–Crippen LogP) is 3.85. The summed E-state index contributed by atoms with van der Waals surface area (Å²) < 4.78 is 11.3. The molecule has 1 aliphatic carbocycles. The van der Waals surface area contributed by atoms with Crippen LogP contribution < -0.4 is 20.1 Å². The van der Waals surface area contributed by atoms with Crippen molar-refractivity contribution in [3.63, 3.8) is 0 Å². The van der Waals surface area contributed by atoms with Crippen molar-refractivity contribution in [2.75, 3.05) is 24.7 Å². The Morgan fingerprint density at radius 3 is 2.74 bits per heavy atom. The standard InChI is InChI=1S/C20H24N2O3S.ClH/c21-12-14-3-1-5-17(14)20(23)22(13-16-4-2-10-26-16)15-6-7-18-19(11-15)25-9-8-24-18;/h2,4,6-7,10-11,14,17H,1,3,5,8-9,12-13,21H2;1H/t14-,17-;/m1./s1. The van der Waals surface area contributed by atoms with Crippen LogP contribution in [-0.4, -0.2) is 25.7 Å². The number of nitrogens with two attached hydrogens (primary N) is 1. The number of carbonyl (C=O) groups is 1. The van der Waals surface area contributed by atoms with Gasteiger partial charge >= 0.3 is 0 Å². The second kappa shape index (κ2) is 8.95. The monoisotopic (exact) mass is 408 g/mol. The maximum absolute atomic E-state index is 13.4. The van der Waals surface area contributed by atoms with Crippen molar-refractivity contribution in [1.29, 1.82) is 0 Å². The van der Waals surface area contributed by atoms with Gasteiger partial charge in [-0.1, -0.05) is 12.5 Å². The SMILES string of the molecule is Cl.NC[C@H]1CCC[C@H]1C(=O)N(Cc1cccs1)c1ccc2c(c1)OCCO2. The number of amides is 1. The van der Waals surface area contributed by atoms with E-state index < -0.39 is 0 Å². The third kappa shape index (κ3) is 4.23. The molecule has 2 aliphatic rings. The molecule has 2 aromatic rings. The van der Waals surface area contributed by atoms with Gasteiger partial charge in [0, 0.05) is 22.5 Å². The lowest BCUT2D eigenvalue weighted by molar-refractivity contribution is -0.123. The summed E-state index contributed by atoms with van der Waals surface area (Å²) in [6.45, 7) is 2.24. The van der Waals surface area contributed by atoms with Crippen molar-refractivity contribution in [2.45, 2.75) is 25.8 Å². The van der Waals surface area contributed by atoms with Gasteiger partial charge in [0.15, 0.2) is 11.5 Å². The second-order valence-electron chi connectivity index (χ2n) is 6.86. The predicted molar refractivity (Wildman–Crippen MR) is 110 cm³/mol. The normalized spacial score (nSPS) is 20.8. The molecule has 2 atom stereocenters. The van der Waals surface area contributed by atoms with Gasteiger partial charge < -0.3 is 20.1 Å². The van der Waals surface area contributed by atoms with E-state index in [4.69, 9.17) is 15.2 Å². The first-order valence-corrected chi connectivity index (χ1v) is 10.1. The maximum Gasteiger partial charge on any atom is 0.230 e. The van der Waals surface area contributed by atoms with Gasteiger partial charge in [-0.3, -0.25) is 4.79 Å². The number of hydrogen-bond donors (Lipinski definition) is 1. The third-order valence-corrected chi connectivity index (χ3v) is 6.14. The van der Waals surface area contributed by atoms with Crippen LogP contribution in [-0.2, 0) is 11.3 Å². The summed E-state index contributed by atoms with van der Waals surface area (Å²) in [5, 5.41) is 2.04. The summed E-state index contributed by atoms with van der Waals surface area (Å²) in [4.78, 5) is 16.5. The van der Waals surface area contributed by atoms with Crippen molar-refractivity contribution < 1.29 is 14.3 Å². The molecule has 1 aromatic heterocycles. The van der Waals surface area contributed by atoms with Crippen LogP contribution >= 0.6 is 23.7 Å². The van der Waals surface area contributed by atoms with E-state index >= 15 is 0 Å². The molecule has 1 saturated carbocycles. The molecule has 0 unspecified atom stereocenters.